The van der Waals surface area contributed by atoms with Gasteiger partial charge in [0.25, 0.3) is 5.91 Å². The fourth-order valence-corrected chi connectivity index (χ4v) is 4.53. The van der Waals surface area contributed by atoms with Gasteiger partial charge in [-0.15, -0.1) is 0 Å². The number of carbonyl (C=O) groups excluding carboxylic acids is 1. The number of aryl methyl sites for hydroxylation is 1. The summed E-state index contributed by atoms with van der Waals surface area (Å²) in [6.45, 7) is 2.89. The number of rotatable bonds is 3. The van der Waals surface area contributed by atoms with E-state index in [4.69, 9.17) is 11.6 Å². The monoisotopic (exact) mass is 368 g/mol. The molecule has 1 N–H and O–H groups in total. The number of aromatic nitrogens is 2. The van der Waals surface area contributed by atoms with Crippen LogP contribution in [0.15, 0.2) is 35.2 Å². The van der Waals surface area contributed by atoms with Crippen molar-refractivity contribution >= 4 is 27.5 Å². The van der Waals surface area contributed by atoms with E-state index < -0.39 is 10.0 Å². The van der Waals surface area contributed by atoms with E-state index >= 15 is 0 Å². The van der Waals surface area contributed by atoms with Crippen molar-refractivity contribution in [2.24, 2.45) is 0 Å². The zero-order valence-electron chi connectivity index (χ0n) is 13.1. The Balaban J connectivity index is 1.71. The van der Waals surface area contributed by atoms with Crippen molar-refractivity contribution < 1.29 is 13.2 Å². The zero-order chi connectivity index (χ0) is 17.3. The van der Waals surface area contributed by atoms with Gasteiger partial charge >= 0.3 is 0 Å². The highest BCUT2D eigenvalue weighted by atomic mass is 35.5. The average Bonchev–Trinajstić information content (AvgIpc) is 3.01. The molecular formula is C15H17ClN4O3S. The normalized spacial score (nSPS) is 16.3. The van der Waals surface area contributed by atoms with E-state index in [1.165, 1.54) is 10.4 Å². The van der Waals surface area contributed by atoms with Gasteiger partial charge in [-0.05, 0) is 25.1 Å². The molecule has 9 heteroatoms. The van der Waals surface area contributed by atoms with Crippen LogP contribution in [0.3, 0.4) is 0 Å². The molecule has 0 bridgehead atoms. The first-order valence-corrected chi connectivity index (χ1v) is 9.27. The minimum Gasteiger partial charge on any atom is -0.335 e. The lowest BCUT2D eigenvalue weighted by atomic mass is 10.3. The predicted octanol–water partition coefficient (Wildman–Crippen LogP) is 1.52. The second-order valence-corrected chi connectivity index (χ2v) is 7.88. The largest absolute Gasteiger partial charge is 0.335 e. The highest BCUT2D eigenvalue weighted by Gasteiger charge is 2.32. The molecule has 128 valence electrons. The van der Waals surface area contributed by atoms with E-state index in [1.54, 1.807) is 29.2 Å². The Morgan fingerprint density at radius 3 is 2.46 bits per heavy atom. The van der Waals surface area contributed by atoms with Crippen LogP contribution in [-0.4, -0.2) is 59.9 Å². The van der Waals surface area contributed by atoms with E-state index in [0.717, 1.165) is 5.69 Å². The smallest absolute Gasteiger partial charge is 0.274 e. The van der Waals surface area contributed by atoms with Gasteiger partial charge in [0.15, 0.2) is 0 Å². The molecule has 2 aromatic rings. The van der Waals surface area contributed by atoms with Crippen LogP contribution >= 0.6 is 11.6 Å². The maximum Gasteiger partial charge on any atom is 0.274 e. The molecule has 1 amide bonds. The van der Waals surface area contributed by atoms with Gasteiger partial charge in [0.2, 0.25) is 10.0 Å². The van der Waals surface area contributed by atoms with E-state index in [1.807, 2.05) is 6.92 Å². The van der Waals surface area contributed by atoms with Gasteiger partial charge < -0.3 is 4.90 Å². The maximum absolute atomic E-state index is 12.7. The van der Waals surface area contributed by atoms with Crippen molar-refractivity contribution in [3.05, 3.63) is 46.7 Å². The number of H-pyrrole nitrogens is 1. The summed E-state index contributed by atoms with van der Waals surface area (Å²) in [5.41, 5.74) is 1.15. The van der Waals surface area contributed by atoms with Gasteiger partial charge in [-0.2, -0.15) is 9.40 Å². The third-order valence-electron chi connectivity index (χ3n) is 3.91. The molecule has 7 nitrogen and oxygen atoms in total. The Morgan fingerprint density at radius 2 is 1.88 bits per heavy atom. The first-order valence-electron chi connectivity index (χ1n) is 7.45. The van der Waals surface area contributed by atoms with Gasteiger partial charge in [0, 0.05) is 31.9 Å². The molecule has 1 fully saturated rings. The van der Waals surface area contributed by atoms with Crippen LogP contribution in [0.4, 0.5) is 0 Å². The molecule has 0 radical (unpaired) electrons. The molecular weight excluding hydrogens is 352 g/mol. The lowest BCUT2D eigenvalue weighted by Crippen LogP contribution is -2.50. The molecule has 1 aromatic heterocycles. The van der Waals surface area contributed by atoms with Crippen molar-refractivity contribution in [3.8, 4) is 0 Å². The third-order valence-corrected chi connectivity index (χ3v) is 6.30. The molecule has 24 heavy (non-hydrogen) atoms. The first kappa shape index (κ1) is 16.9. The SMILES string of the molecule is Cc1cc(C(=O)N2CCN(S(=O)(=O)c3ccccc3Cl)CC2)n[nH]1. The fraction of sp³-hybridized carbons (Fsp3) is 0.333. The van der Waals surface area contributed by atoms with Gasteiger partial charge in [-0.25, -0.2) is 8.42 Å². The minimum absolute atomic E-state index is 0.0920. The quantitative estimate of drug-likeness (QED) is 0.889. The molecule has 0 atom stereocenters. The van der Waals surface area contributed by atoms with Crippen molar-refractivity contribution in [1.29, 1.82) is 0 Å². The number of hydrogen-bond acceptors (Lipinski definition) is 4. The average molecular weight is 369 g/mol. The number of nitrogens with zero attached hydrogens (tertiary/aromatic N) is 3. The molecule has 1 aliphatic rings. The number of sulfonamides is 1. The molecule has 0 spiro atoms. The summed E-state index contributed by atoms with van der Waals surface area (Å²) >= 11 is 6.01. The van der Waals surface area contributed by atoms with Crippen LogP contribution in [0.2, 0.25) is 5.02 Å². The van der Waals surface area contributed by atoms with Gasteiger partial charge in [0.05, 0.1) is 5.02 Å². The molecule has 3 rings (SSSR count). The summed E-state index contributed by atoms with van der Waals surface area (Å²) in [5, 5.41) is 6.88. The number of benzene rings is 1. The molecule has 1 aromatic carbocycles. The summed E-state index contributed by atoms with van der Waals surface area (Å²) in [7, 11) is -3.66. The number of carbonyl (C=O) groups is 1. The van der Waals surface area contributed by atoms with Crippen LogP contribution < -0.4 is 0 Å². The fourth-order valence-electron chi connectivity index (χ4n) is 2.61. The van der Waals surface area contributed by atoms with E-state index in [-0.39, 0.29) is 28.9 Å². The van der Waals surface area contributed by atoms with Crippen molar-refractivity contribution in [1.82, 2.24) is 19.4 Å². The van der Waals surface area contributed by atoms with Gasteiger partial charge in [0.1, 0.15) is 10.6 Å². The minimum atomic E-state index is -3.66. The Kier molecular flexibility index (Phi) is 4.62. The molecule has 1 saturated heterocycles. The standard InChI is InChI=1S/C15H17ClN4O3S/c1-11-10-13(18-17-11)15(21)19-6-8-20(9-7-19)24(22,23)14-5-3-2-4-12(14)16/h2-5,10H,6-9H2,1H3,(H,17,18). The molecule has 0 aliphatic carbocycles. The predicted molar refractivity (Wildman–Crippen MR) is 89.4 cm³/mol. The van der Waals surface area contributed by atoms with Crippen LogP contribution in [0.5, 0.6) is 0 Å². The molecule has 0 saturated carbocycles. The van der Waals surface area contributed by atoms with Crippen molar-refractivity contribution in [2.75, 3.05) is 26.2 Å². The molecule has 2 heterocycles. The summed E-state index contributed by atoms with van der Waals surface area (Å²) in [4.78, 5) is 14.0. The van der Waals surface area contributed by atoms with Crippen LogP contribution in [-0.2, 0) is 10.0 Å². The lowest BCUT2D eigenvalue weighted by molar-refractivity contribution is 0.0692. The summed E-state index contributed by atoms with van der Waals surface area (Å²) in [5.74, 6) is -0.200. The van der Waals surface area contributed by atoms with Crippen LogP contribution in [0.25, 0.3) is 0 Å². The summed E-state index contributed by atoms with van der Waals surface area (Å²) in [6.07, 6.45) is 0. The topological polar surface area (TPSA) is 86.4 Å². The van der Waals surface area contributed by atoms with Crippen LogP contribution in [0, 0.1) is 6.92 Å². The second kappa shape index (κ2) is 6.54. The summed E-state index contributed by atoms with van der Waals surface area (Å²) in [6, 6.07) is 8.03. The van der Waals surface area contributed by atoms with Gasteiger partial charge in [-0.3, -0.25) is 9.89 Å². The number of hydrogen-bond donors (Lipinski definition) is 1. The number of amides is 1. The van der Waals surface area contributed by atoms with E-state index in [9.17, 15) is 13.2 Å². The van der Waals surface area contributed by atoms with Crippen molar-refractivity contribution in [2.45, 2.75) is 11.8 Å². The first-order chi connectivity index (χ1) is 11.4. The Hall–Kier alpha value is -1.90. The van der Waals surface area contributed by atoms with Crippen LogP contribution in [0.1, 0.15) is 16.2 Å². The summed E-state index contributed by atoms with van der Waals surface area (Å²) < 4.78 is 26.7. The van der Waals surface area contributed by atoms with E-state index in [2.05, 4.69) is 10.2 Å². The Morgan fingerprint density at radius 1 is 1.21 bits per heavy atom. The highest BCUT2D eigenvalue weighted by Crippen LogP contribution is 2.25. The second-order valence-electron chi connectivity index (χ2n) is 5.56. The van der Waals surface area contributed by atoms with E-state index in [0.29, 0.717) is 18.8 Å². The van der Waals surface area contributed by atoms with Gasteiger partial charge in [-0.1, -0.05) is 23.7 Å². The zero-order valence-corrected chi connectivity index (χ0v) is 14.6. The maximum atomic E-state index is 12.7. The molecule has 1 aliphatic heterocycles. The number of nitrogens with one attached hydrogen (secondary N) is 1. The Labute approximate surface area is 145 Å². The lowest BCUT2D eigenvalue weighted by Gasteiger charge is -2.33. The number of aromatic amines is 1. The third kappa shape index (κ3) is 3.17. The number of halogens is 1. The molecule has 0 unspecified atom stereocenters. The van der Waals surface area contributed by atoms with Crippen molar-refractivity contribution in [3.63, 3.8) is 0 Å². The highest BCUT2D eigenvalue weighted by molar-refractivity contribution is 7.89. The Bertz CT molecular complexity index is 857. The number of piperazine rings is 1.